The molecule has 2 N–H and O–H groups in total. The summed E-state index contributed by atoms with van der Waals surface area (Å²) in [7, 11) is 0. The minimum absolute atomic E-state index is 0.0531. The molecule has 0 aromatic rings. The van der Waals surface area contributed by atoms with Crippen LogP contribution in [0, 0.1) is 12.3 Å². The highest BCUT2D eigenvalue weighted by molar-refractivity contribution is 5.85. The van der Waals surface area contributed by atoms with Crippen molar-refractivity contribution in [1.29, 1.82) is 0 Å². The second-order valence-corrected chi connectivity index (χ2v) is 3.17. The molecule has 14 heavy (non-hydrogen) atoms. The number of hydrogen-bond acceptors (Lipinski definition) is 3. The standard InChI is InChI=1S/C9H11NO4/c1-2-3-8(12)10-5-6(11)4-7(10)9(13)14/h1,6-7,11H,3-5H2,(H,13,14). The van der Waals surface area contributed by atoms with Gasteiger partial charge in [0.1, 0.15) is 6.04 Å². The Labute approximate surface area is 81.3 Å². The Morgan fingerprint density at radius 3 is 2.71 bits per heavy atom. The van der Waals surface area contributed by atoms with E-state index in [0.717, 1.165) is 4.90 Å². The number of carboxylic acid groups (broad SMARTS) is 1. The number of nitrogens with zero attached hydrogens (tertiary/aromatic N) is 1. The van der Waals surface area contributed by atoms with E-state index in [-0.39, 0.29) is 19.4 Å². The summed E-state index contributed by atoms with van der Waals surface area (Å²) in [5, 5.41) is 18.0. The number of terminal acetylenes is 1. The van der Waals surface area contributed by atoms with Gasteiger partial charge in [-0.1, -0.05) is 5.92 Å². The third-order valence-corrected chi connectivity index (χ3v) is 2.14. The summed E-state index contributed by atoms with van der Waals surface area (Å²) >= 11 is 0. The Kier molecular flexibility index (Phi) is 3.10. The quantitative estimate of drug-likeness (QED) is 0.560. The maximum atomic E-state index is 11.3. The zero-order valence-electron chi connectivity index (χ0n) is 7.51. The lowest BCUT2D eigenvalue weighted by Gasteiger charge is -2.19. The summed E-state index contributed by atoms with van der Waals surface area (Å²) in [6.07, 6.45) is 4.13. The average molecular weight is 197 g/mol. The lowest BCUT2D eigenvalue weighted by atomic mass is 10.2. The van der Waals surface area contributed by atoms with Crippen LogP contribution >= 0.6 is 0 Å². The fraction of sp³-hybridized carbons (Fsp3) is 0.556. The van der Waals surface area contributed by atoms with Crippen LogP contribution in [0.15, 0.2) is 0 Å². The zero-order valence-corrected chi connectivity index (χ0v) is 7.51. The average Bonchev–Trinajstić information content (AvgIpc) is 2.48. The van der Waals surface area contributed by atoms with E-state index in [1.807, 2.05) is 0 Å². The Hall–Kier alpha value is -1.54. The number of likely N-dealkylation sites (tertiary alicyclic amines) is 1. The van der Waals surface area contributed by atoms with Crippen molar-refractivity contribution in [2.75, 3.05) is 6.54 Å². The molecule has 1 fully saturated rings. The molecule has 1 aliphatic heterocycles. The van der Waals surface area contributed by atoms with Crippen molar-refractivity contribution in [1.82, 2.24) is 4.90 Å². The molecule has 5 nitrogen and oxygen atoms in total. The Bertz CT molecular complexity index is 294. The van der Waals surface area contributed by atoms with Crippen molar-refractivity contribution < 1.29 is 19.8 Å². The number of carbonyl (C=O) groups excluding carboxylic acids is 1. The van der Waals surface area contributed by atoms with Crippen LogP contribution in [0.5, 0.6) is 0 Å². The van der Waals surface area contributed by atoms with Crippen molar-refractivity contribution in [3.05, 3.63) is 0 Å². The van der Waals surface area contributed by atoms with Gasteiger partial charge in [0.15, 0.2) is 0 Å². The number of β-amino-alcohol motifs (C(OH)–C–C–N with tert-alkyl or cyclic N) is 1. The first-order chi connectivity index (χ1) is 6.56. The minimum Gasteiger partial charge on any atom is -0.480 e. The molecule has 1 amide bonds. The molecule has 0 aromatic carbocycles. The summed E-state index contributed by atoms with van der Waals surface area (Å²) in [6, 6.07) is -0.939. The third-order valence-electron chi connectivity index (χ3n) is 2.14. The number of aliphatic hydroxyl groups is 1. The monoisotopic (exact) mass is 197 g/mol. The number of aliphatic carboxylic acids is 1. The van der Waals surface area contributed by atoms with Gasteiger partial charge in [-0.3, -0.25) is 4.79 Å². The first kappa shape index (κ1) is 10.5. The van der Waals surface area contributed by atoms with Gasteiger partial charge >= 0.3 is 5.97 Å². The van der Waals surface area contributed by atoms with Crippen LogP contribution in [-0.4, -0.2) is 45.7 Å². The highest BCUT2D eigenvalue weighted by Gasteiger charge is 2.38. The first-order valence-electron chi connectivity index (χ1n) is 4.20. The number of hydrogen-bond donors (Lipinski definition) is 2. The predicted molar refractivity (Wildman–Crippen MR) is 47.2 cm³/mol. The molecule has 2 atom stereocenters. The van der Waals surface area contributed by atoms with Crippen LogP contribution in [0.3, 0.4) is 0 Å². The third kappa shape index (κ3) is 2.03. The van der Waals surface area contributed by atoms with Crippen LogP contribution in [0.2, 0.25) is 0 Å². The summed E-state index contributed by atoms with van der Waals surface area (Å²) in [6.45, 7) is 0.0531. The molecule has 5 heteroatoms. The van der Waals surface area contributed by atoms with Gasteiger partial charge in [-0.15, -0.1) is 6.42 Å². The smallest absolute Gasteiger partial charge is 0.326 e. The van der Waals surface area contributed by atoms with E-state index in [1.165, 1.54) is 0 Å². The highest BCUT2D eigenvalue weighted by atomic mass is 16.4. The van der Waals surface area contributed by atoms with E-state index in [2.05, 4.69) is 5.92 Å². The maximum absolute atomic E-state index is 11.3. The van der Waals surface area contributed by atoms with E-state index in [9.17, 15) is 14.7 Å². The van der Waals surface area contributed by atoms with E-state index in [1.54, 1.807) is 0 Å². The van der Waals surface area contributed by atoms with Crippen molar-refractivity contribution in [2.24, 2.45) is 0 Å². The molecule has 0 aromatic heterocycles. The molecule has 0 saturated carbocycles. The van der Waals surface area contributed by atoms with Gasteiger partial charge in [0, 0.05) is 13.0 Å². The molecule has 1 aliphatic rings. The topological polar surface area (TPSA) is 77.8 Å². The summed E-state index contributed by atoms with van der Waals surface area (Å²) in [5.74, 6) is 0.628. The number of amides is 1. The Morgan fingerprint density at radius 1 is 1.57 bits per heavy atom. The van der Waals surface area contributed by atoms with Gasteiger partial charge in [-0.25, -0.2) is 4.79 Å². The van der Waals surface area contributed by atoms with Gasteiger partial charge in [0.25, 0.3) is 0 Å². The number of rotatable bonds is 2. The summed E-state index contributed by atoms with van der Waals surface area (Å²) in [4.78, 5) is 23.1. The van der Waals surface area contributed by atoms with Crippen molar-refractivity contribution in [3.63, 3.8) is 0 Å². The molecule has 0 aliphatic carbocycles. The molecule has 1 rings (SSSR count). The summed E-state index contributed by atoms with van der Waals surface area (Å²) < 4.78 is 0. The van der Waals surface area contributed by atoms with E-state index in [4.69, 9.17) is 11.5 Å². The van der Waals surface area contributed by atoms with Gasteiger partial charge in [0.05, 0.1) is 12.5 Å². The minimum atomic E-state index is -1.10. The van der Waals surface area contributed by atoms with Crippen LogP contribution in [0.1, 0.15) is 12.8 Å². The van der Waals surface area contributed by atoms with Gasteiger partial charge in [-0.05, 0) is 0 Å². The van der Waals surface area contributed by atoms with Crippen LogP contribution in [-0.2, 0) is 9.59 Å². The molecule has 1 saturated heterocycles. The fourth-order valence-electron chi connectivity index (χ4n) is 1.51. The van der Waals surface area contributed by atoms with Crippen LogP contribution in [0.25, 0.3) is 0 Å². The van der Waals surface area contributed by atoms with Crippen LogP contribution in [0.4, 0.5) is 0 Å². The normalized spacial score (nSPS) is 25.9. The zero-order chi connectivity index (χ0) is 10.7. The lowest BCUT2D eigenvalue weighted by molar-refractivity contribution is -0.147. The predicted octanol–water partition coefficient (Wildman–Crippen LogP) is -0.944. The van der Waals surface area contributed by atoms with Crippen molar-refractivity contribution in [3.8, 4) is 12.3 Å². The molecule has 0 radical (unpaired) electrons. The summed E-state index contributed by atoms with van der Waals surface area (Å²) in [5.41, 5.74) is 0. The molecule has 1 heterocycles. The van der Waals surface area contributed by atoms with Crippen LogP contribution < -0.4 is 0 Å². The maximum Gasteiger partial charge on any atom is 0.326 e. The number of carbonyl (C=O) groups is 2. The first-order valence-corrected chi connectivity index (χ1v) is 4.20. The molecule has 2 unspecified atom stereocenters. The lowest BCUT2D eigenvalue weighted by Crippen LogP contribution is -2.40. The van der Waals surface area contributed by atoms with Crippen molar-refractivity contribution in [2.45, 2.75) is 25.0 Å². The molecule has 76 valence electrons. The second-order valence-electron chi connectivity index (χ2n) is 3.17. The Balaban J connectivity index is 2.72. The van der Waals surface area contributed by atoms with Gasteiger partial charge < -0.3 is 15.1 Å². The molecular formula is C9H11NO4. The largest absolute Gasteiger partial charge is 0.480 e. The fourth-order valence-corrected chi connectivity index (χ4v) is 1.51. The van der Waals surface area contributed by atoms with E-state index in [0.29, 0.717) is 0 Å². The van der Waals surface area contributed by atoms with Crippen molar-refractivity contribution >= 4 is 11.9 Å². The SMILES string of the molecule is C#CCC(=O)N1CC(O)CC1C(=O)O. The van der Waals surface area contributed by atoms with E-state index < -0.39 is 24.0 Å². The Morgan fingerprint density at radius 2 is 2.21 bits per heavy atom. The van der Waals surface area contributed by atoms with E-state index >= 15 is 0 Å². The van der Waals surface area contributed by atoms with Gasteiger partial charge in [-0.2, -0.15) is 0 Å². The van der Waals surface area contributed by atoms with Gasteiger partial charge in [0.2, 0.25) is 5.91 Å². The number of carboxylic acids is 1. The molecular weight excluding hydrogens is 186 g/mol. The highest BCUT2D eigenvalue weighted by Crippen LogP contribution is 2.18. The molecule has 0 bridgehead atoms. The number of aliphatic hydroxyl groups excluding tert-OH is 1. The molecule has 0 spiro atoms. The second kappa shape index (κ2) is 4.11.